The topological polar surface area (TPSA) is 17.1 Å². The van der Waals surface area contributed by atoms with E-state index in [0.717, 1.165) is 16.5 Å². The average molecular weight is 311 g/mol. The van der Waals surface area contributed by atoms with E-state index in [2.05, 4.69) is 43.6 Å². The van der Waals surface area contributed by atoms with E-state index in [1.807, 2.05) is 24.3 Å². The summed E-state index contributed by atoms with van der Waals surface area (Å²) in [6.07, 6.45) is 2.34. The predicted molar refractivity (Wildman–Crippen MR) is 80.7 cm³/mol. The maximum absolute atomic E-state index is 12.0. The third kappa shape index (κ3) is 6.34. The summed E-state index contributed by atoms with van der Waals surface area (Å²) in [5, 5.41) is 0. The number of Topliss-reactive ketones (excluding diaryl/α,β-unsaturated/α-hetero) is 1. The lowest BCUT2D eigenvalue weighted by Crippen LogP contribution is -2.15. The first-order valence-electron chi connectivity index (χ1n) is 6.52. The lowest BCUT2D eigenvalue weighted by Gasteiger charge is -2.22. The van der Waals surface area contributed by atoms with Crippen LogP contribution in [0.25, 0.3) is 0 Å². The van der Waals surface area contributed by atoms with E-state index in [4.69, 9.17) is 0 Å². The van der Waals surface area contributed by atoms with E-state index in [1.54, 1.807) is 0 Å². The Kier molecular flexibility index (Phi) is 5.58. The number of carbonyl (C=O) groups is 1. The van der Waals surface area contributed by atoms with E-state index in [0.29, 0.717) is 30.0 Å². The summed E-state index contributed by atoms with van der Waals surface area (Å²) >= 11 is 3.40. The molecule has 0 amide bonds. The highest BCUT2D eigenvalue weighted by atomic mass is 79.9. The van der Waals surface area contributed by atoms with E-state index in [9.17, 15) is 4.79 Å². The summed E-state index contributed by atoms with van der Waals surface area (Å²) in [7, 11) is 0. The molecule has 0 N–H and O–H groups in total. The van der Waals surface area contributed by atoms with Crippen molar-refractivity contribution in [3.05, 3.63) is 34.3 Å². The standard InChI is InChI=1S/C16H23BrO/c1-12(11-16(2,3)4)9-15(18)10-13-5-7-14(17)8-6-13/h5-8,12H,9-11H2,1-4H3. The molecule has 1 rings (SSSR count). The first kappa shape index (κ1) is 15.4. The normalized spacial score (nSPS) is 13.4. The minimum atomic E-state index is 0.303. The summed E-state index contributed by atoms with van der Waals surface area (Å²) in [4.78, 5) is 12.0. The van der Waals surface area contributed by atoms with Crippen molar-refractivity contribution < 1.29 is 4.79 Å². The van der Waals surface area contributed by atoms with Gasteiger partial charge in [-0.1, -0.05) is 55.8 Å². The number of halogens is 1. The molecule has 0 heterocycles. The molecule has 18 heavy (non-hydrogen) atoms. The number of benzene rings is 1. The molecule has 0 aliphatic carbocycles. The van der Waals surface area contributed by atoms with E-state index in [-0.39, 0.29) is 0 Å². The summed E-state index contributed by atoms with van der Waals surface area (Å²) in [5.74, 6) is 0.807. The van der Waals surface area contributed by atoms with Crippen molar-refractivity contribution in [2.45, 2.75) is 47.0 Å². The zero-order valence-corrected chi connectivity index (χ0v) is 13.4. The molecular formula is C16H23BrO. The highest BCUT2D eigenvalue weighted by Gasteiger charge is 2.17. The molecule has 1 aromatic carbocycles. The van der Waals surface area contributed by atoms with Crippen LogP contribution < -0.4 is 0 Å². The van der Waals surface area contributed by atoms with Crippen LogP contribution in [-0.4, -0.2) is 5.78 Å². The Hall–Kier alpha value is -0.630. The van der Waals surface area contributed by atoms with Crippen LogP contribution >= 0.6 is 15.9 Å². The van der Waals surface area contributed by atoms with E-state index in [1.165, 1.54) is 0 Å². The Morgan fingerprint density at radius 3 is 2.28 bits per heavy atom. The van der Waals surface area contributed by atoms with Gasteiger partial charge in [0, 0.05) is 17.3 Å². The second-order valence-corrected chi connectivity index (χ2v) is 7.33. The minimum absolute atomic E-state index is 0.303. The fourth-order valence-electron chi connectivity index (χ4n) is 2.41. The largest absolute Gasteiger partial charge is 0.299 e. The average Bonchev–Trinajstić information content (AvgIpc) is 2.18. The number of hydrogen-bond donors (Lipinski definition) is 0. The predicted octanol–water partition coefficient (Wildman–Crippen LogP) is 5.02. The van der Waals surface area contributed by atoms with Crippen molar-refractivity contribution in [3.8, 4) is 0 Å². The quantitative estimate of drug-likeness (QED) is 0.746. The van der Waals surface area contributed by atoms with Gasteiger partial charge < -0.3 is 0 Å². The smallest absolute Gasteiger partial charge is 0.137 e. The zero-order chi connectivity index (χ0) is 13.8. The Balaban J connectivity index is 2.44. The van der Waals surface area contributed by atoms with Crippen LogP contribution in [0.5, 0.6) is 0 Å². The van der Waals surface area contributed by atoms with Crippen LogP contribution in [0.4, 0.5) is 0 Å². The minimum Gasteiger partial charge on any atom is -0.299 e. The zero-order valence-electron chi connectivity index (χ0n) is 11.8. The maximum Gasteiger partial charge on any atom is 0.137 e. The second kappa shape index (κ2) is 6.51. The molecule has 1 nitrogen and oxygen atoms in total. The number of carbonyl (C=O) groups excluding carboxylic acids is 1. The maximum atomic E-state index is 12.0. The molecule has 1 aromatic rings. The summed E-state index contributed by atoms with van der Waals surface area (Å²) in [5.41, 5.74) is 1.41. The van der Waals surface area contributed by atoms with Gasteiger partial charge in [0.25, 0.3) is 0 Å². The van der Waals surface area contributed by atoms with Gasteiger partial charge in [-0.3, -0.25) is 4.79 Å². The lowest BCUT2D eigenvalue weighted by molar-refractivity contribution is -0.119. The molecule has 1 atom stereocenters. The van der Waals surface area contributed by atoms with Crippen LogP contribution in [0.15, 0.2) is 28.7 Å². The Morgan fingerprint density at radius 2 is 1.78 bits per heavy atom. The van der Waals surface area contributed by atoms with Crippen molar-refractivity contribution in [3.63, 3.8) is 0 Å². The molecule has 0 spiro atoms. The fourth-order valence-corrected chi connectivity index (χ4v) is 2.67. The molecular weight excluding hydrogens is 288 g/mol. The van der Waals surface area contributed by atoms with Gasteiger partial charge in [0.15, 0.2) is 0 Å². The van der Waals surface area contributed by atoms with Gasteiger partial charge in [-0.15, -0.1) is 0 Å². The molecule has 0 bridgehead atoms. The molecule has 0 saturated carbocycles. The second-order valence-electron chi connectivity index (χ2n) is 6.42. The van der Waals surface area contributed by atoms with Gasteiger partial charge in [0.1, 0.15) is 5.78 Å². The van der Waals surface area contributed by atoms with Gasteiger partial charge in [0.2, 0.25) is 0 Å². The summed E-state index contributed by atoms with van der Waals surface area (Å²) < 4.78 is 1.06. The SMILES string of the molecule is CC(CC(=O)Cc1ccc(Br)cc1)CC(C)(C)C. The Bertz CT molecular complexity index is 387. The molecule has 0 aromatic heterocycles. The summed E-state index contributed by atoms with van der Waals surface area (Å²) in [6, 6.07) is 8.00. The molecule has 100 valence electrons. The molecule has 0 radical (unpaired) electrons. The number of hydrogen-bond acceptors (Lipinski definition) is 1. The van der Waals surface area contributed by atoms with Gasteiger partial charge in [-0.2, -0.15) is 0 Å². The van der Waals surface area contributed by atoms with Crippen LogP contribution in [0.2, 0.25) is 0 Å². The molecule has 1 unspecified atom stereocenters. The highest BCUT2D eigenvalue weighted by Crippen LogP contribution is 2.26. The number of rotatable bonds is 5. The van der Waals surface area contributed by atoms with Crippen molar-refractivity contribution in [1.82, 2.24) is 0 Å². The van der Waals surface area contributed by atoms with Crippen LogP contribution in [-0.2, 0) is 11.2 Å². The monoisotopic (exact) mass is 310 g/mol. The van der Waals surface area contributed by atoms with Gasteiger partial charge in [-0.05, 0) is 35.4 Å². The molecule has 0 fully saturated rings. The third-order valence-electron chi connectivity index (χ3n) is 2.85. The Labute approximate surface area is 119 Å². The van der Waals surface area contributed by atoms with Crippen molar-refractivity contribution in [2.24, 2.45) is 11.3 Å². The molecule has 0 aliphatic heterocycles. The highest BCUT2D eigenvalue weighted by molar-refractivity contribution is 9.10. The van der Waals surface area contributed by atoms with Crippen molar-refractivity contribution in [1.29, 1.82) is 0 Å². The van der Waals surface area contributed by atoms with Crippen LogP contribution in [0.3, 0.4) is 0 Å². The van der Waals surface area contributed by atoms with Crippen molar-refractivity contribution in [2.75, 3.05) is 0 Å². The van der Waals surface area contributed by atoms with Crippen molar-refractivity contribution >= 4 is 21.7 Å². The van der Waals surface area contributed by atoms with Gasteiger partial charge in [-0.25, -0.2) is 0 Å². The third-order valence-corrected chi connectivity index (χ3v) is 3.38. The molecule has 0 saturated heterocycles. The van der Waals surface area contributed by atoms with Gasteiger partial charge in [0.05, 0.1) is 0 Å². The first-order chi connectivity index (χ1) is 8.26. The van der Waals surface area contributed by atoms with E-state index < -0.39 is 0 Å². The van der Waals surface area contributed by atoms with E-state index >= 15 is 0 Å². The van der Waals surface area contributed by atoms with Crippen LogP contribution in [0.1, 0.15) is 46.1 Å². The lowest BCUT2D eigenvalue weighted by atomic mass is 9.83. The fraction of sp³-hybridized carbons (Fsp3) is 0.562. The summed E-state index contributed by atoms with van der Waals surface area (Å²) in [6.45, 7) is 8.85. The van der Waals surface area contributed by atoms with Crippen LogP contribution in [0, 0.1) is 11.3 Å². The molecule has 2 heteroatoms. The molecule has 0 aliphatic rings. The number of ketones is 1. The first-order valence-corrected chi connectivity index (χ1v) is 7.32. The van der Waals surface area contributed by atoms with Gasteiger partial charge >= 0.3 is 0 Å². The Morgan fingerprint density at radius 1 is 1.22 bits per heavy atom.